The van der Waals surface area contributed by atoms with Crippen molar-refractivity contribution < 1.29 is 32.9 Å². The zero-order valence-electron chi connectivity index (χ0n) is 31.8. The second kappa shape index (κ2) is 16.0. The quantitative estimate of drug-likeness (QED) is 0.107. The Balaban J connectivity index is 1.34. The van der Waals surface area contributed by atoms with Gasteiger partial charge in [0.25, 0.3) is 10.0 Å². The Labute approximate surface area is 332 Å². The van der Waals surface area contributed by atoms with Gasteiger partial charge in [0.1, 0.15) is 15.7 Å². The van der Waals surface area contributed by atoms with Gasteiger partial charge < -0.3 is 19.7 Å². The van der Waals surface area contributed by atoms with E-state index in [1.54, 1.807) is 49.9 Å². The molecule has 0 spiro atoms. The molecule has 55 heavy (non-hydrogen) atoms. The van der Waals surface area contributed by atoms with Crippen LogP contribution in [0.1, 0.15) is 90.2 Å². The summed E-state index contributed by atoms with van der Waals surface area (Å²) in [7, 11) is -0.945. The summed E-state index contributed by atoms with van der Waals surface area (Å²) in [6.07, 6.45) is 5.50. The molecular formula is C44H49NO7S3. The van der Waals surface area contributed by atoms with Gasteiger partial charge in [0.15, 0.2) is 0 Å². The standard InChI is InChI=1S/C44H49NO7S3/c1-29-9-7-20-43(2)37(35-18-14-30(23-33(46)16-13-29)24-36(35)42(47)40-25-31-10-5-6-11-39(31)54-40)19-21-44(43,48)28-45(55(49,50)41-12-8-22-53-41)27-32-15-17-34(51-3)26-38(32)52-4/h5-6,8-12,14-15,17-18,22,24-26,33,37,46,48H,7,13,16,19-21,23,27-28H2,1-4H3/t33-,37-,43-,44+/m0/s1. The number of fused-ring (bicyclic) bond motifs is 9. The van der Waals surface area contributed by atoms with E-state index in [-0.39, 0.29) is 29.0 Å². The Bertz CT molecular complexity index is 2280. The first-order valence-electron chi connectivity index (χ1n) is 18.8. The van der Waals surface area contributed by atoms with Crippen LogP contribution in [-0.2, 0) is 23.0 Å². The monoisotopic (exact) mass is 799 g/mol. The highest BCUT2D eigenvalue weighted by Gasteiger charge is 2.58. The van der Waals surface area contributed by atoms with E-state index in [0.29, 0.717) is 66.0 Å². The number of benzene rings is 3. The summed E-state index contributed by atoms with van der Waals surface area (Å²) in [5, 5.41) is 27.0. The first kappa shape index (κ1) is 39.4. The van der Waals surface area contributed by atoms with Crippen LogP contribution in [0.2, 0.25) is 0 Å². The van der Waals surface area contributed by atoms with Gasteiger partial charge >= 0.3 is 0 Å². The zero-order chi connectivity index (χ0) is 39.0. The van der Waals surface area contributed by atoms with Gasteiger partial charge in [-0.25, -0.2) is 8.42 Å². The molecule has 0 radical (unpaired) electrons. The average molecular weight is 800 g/mol. The van der Waals surface area contributed by atoms with Gasteiger partial charge in [-0.3, -0.25) is 4.79 Å². The molecule has 0 amide bonds. The fourth-order valence-electron chi connectivity index (χ4n) is 8.65. The lowest BCUT2D eigenvalue weighted by atomic mass is 9.65. The fourth-order valence-corrected chi connectivity index (χ4v) is 12.3. The highest BCUT2D eigenvalue weighted by atomic mass is 32.2. The molecule has 2 bridgehead atoms. The van der Waals surface area contributed by atoms with Gasteiger partial charge in [-0.15, -0.1) is 22.7 Å². The molecule has 0 saturated heterocycles. The Morgan fingerprint density at radius 2 is 1.80 bits per heavy atom. The van der Waals surface area contributed by atoms with Gasteiger partial charge in [-0.1, -0.05) is 61.0 Å². The van der Waals surface area contributed by atoms with Crippen LogP contribution >= 0.6 is 22.7 Å². The highest BCUT2D eigenvalue weighted by Crippen LogP contribution is 2.59. The molecule has 8 nitrogen and oxygen atoms in total. The number of nitrogens with zero attached hydrogens (tertiary/aromatic N) is 1. The van der Waals surface area contributed by atoms with E-state index in [2.05, 4.69) is 19.9 Å². The fraction of sp³-hybridized carbons (Fsp3) is 0.386. The number of aliphatic hydroxyl groups excluding tert-OH is 1. The number of ketones is 1. The minimum Gasteiger partial charge on any atom is -0.497 e. The predicted octanol–water partition coefficient (Wildman–Crippen LogP) is 9.14. The molecular weight excluding hydrogens is 751 g/mol. The molecule has 0 aliphatic heterocycles. The summed E-state index contributed by atoms with van der Waals surface area (Å²) in [5.74, 6) is 0.731. The number of carbonyl (C=O) groups excluding carboxylic acids is 1. The number of allylic oxidation sites excluding steroid dienone is 2. The van der Waals surface area contributed by atoms with Crippen molar-refractivity contribution in [1.82, 2.24) is 4.31 Å². The van der Waals surface area contributed by atoms with Crippen molar-refractivity contribution in [3.63, 3.8) is 0 Å². The van der Waals surface area contributed by atoms with Crippen LogP contribution in [0, 0.1) is 5.41 Å². The molecule has 1 saturated carbocycles. The van der Waals surface area contributed by atoms with E-state index in [9.17, 15) is 23.4 Å². The number of thiophene rings is 2. The van der Waals surface area contributed by atoms with Gasteiger partial charge in [-0.2, -0.15) is 4.31 Å². The molecule has 290 valence electrons. The topological polar surface area (TPSA) is 113 Å². The third-order valence-corrected chi connectivity index (χ3v) is 16.2. The first-order valence-corrected chi connectivity index (χ1v) is 22.0. The lowest BCUT2D eigenvalue weighted by Crippen LogP contribution is -2.53. The van der Waals surface area contributed by atoms with Crippen LogP contribution in [0.4, 0.5) is 0 Å². The molecule has 3 aliphatic rings. The van der Waals surface area contributed by atoms with Gasteiger partial charge in [0.2, 0.25) is 5.78 Å². The van der Waals surface area contributed by atoms with Crippen LogP contribution < -0.4 is 9.47 Å². The number of aliphatic hydroxyl groups is 2. The summed E-state index contributed by atoms with van der Waals surface area (Å²) in [6, 6.07) is 24.5. The van der Waals surface area contributed by atoms with Crippen molar-refractivity contribution in [3.8, 4) is 11.5 Å². The van der Waals surface area contributed by atoms with Gasteiger partial charge in [0, 0.05) is 40.4 Å². The van der Waals surface area contributed by atoms with Crippen molar-refractivity contribution >= 4 is 48.6 Å². The third-order valence-electron chi connectivity index (χ3n) is 11.9. The van der Waals surface area contributed by atoms with Crippen molar-refractivity contribution in [1.29, 1.82) is 0 Å². The van der Waals surface area contributed by atoms with E-state index in [1.807, 2.05) is 48.5 Å². The van der Waals surface area contributed by atoms with Crippen molar-refractivity contribution in [2.24, 2.45) is 5.41 Å². The predicted molar refractivity (Wildman–Crippen MR) is 220 cm³/mol. The maximum atomic E-state index is 14.7. The number of carbonyl (C=O) groups is 1. The van der Waals surface area contributed by atoms with Gasteiger partial charge in [-0.05, 0) is 110 Å². The lowest BCUT2D eigenvalue weighted by Gasteiger charge is -2.46. The van der Waals surface area contributed by atoms with Crippen molar-refractivity contribution in [2.75, 3.05) is 20.8 Å². The molecule has 5 aromatic rings. The summed E-state index contributed by atoms with van der Waals surface area (Å²) in [6.45, 7) is 3.98. The Hall–Kier alpha value is -3.84. The molecule has 4 atom stereocenters. The molecule has 1 fully saturated rings. The lowest BCUT2D eigenvalue weighted by molar-refractivity contribution is -0.0732. The first-order chi connectivity index (χ1) is 26.3. The molecule has 2 aromatic heterocycles. The van der Waals surface area contributed by atoms with Crippen LogP contribution in [0.5, 0.6) is 11.5 Å². The number of methoxy groups -OCH3 is 2. The molecule has 3 aliphatic carbocycles. The maximum Gasteiger partial charge on any atom is 0.252 e. The Morgan fingerprint density at radius 1 is 0.982 bits per heavy atom. The minimum absolute atomic E-state index is 0.0256. The van der Waals surface area contributed by atoms with E-state index in [0.717, 1.165) is 39.0 Å². The van der Waals surface area contributed by atoms with Crippen LogP contribution in [0.3, 0.4) is 0 Å². The molecule has 2 heterocycles. The van der Waals surface area contributed by atoms with E-state index in [1.165, 1.54) is 21.2 Å². The normalized spacial score (nSPS) is 23.4. The largest absolute Gasteiger partial charge is 0.497 e. The minimum atomic E-state index is -4.05. The number of ether oxygens (including phenoxy) is 2. The van der Waals surface area contributed by atoms with E-state index < -0.39 is 27.1 Å². The SMILES string of the molecule is COc1ccc(CN(C[C@]2(O)CC[C@H]3c4ccc(cc4C(=O)c4cc5ccccc5s4)C[C@@H](O)CCC(C)=CCC[C@@]32C)S(=O)(=O)c2cccs2)c(OC)c1. The molecule has 11 heteroatoms. The third kappa shape index (κ3) is 7.80. The second-order valence-corrected chi connectivity index (χ2v) is 19.5. The highest BCUT2D eigenvalue weighted by molar-refractivity contribution is 7.91. The number of hydrogen-bond acceptors (Lipinski definition) is 9. The van der Waals surface area contributed by atoms with Crippen molar-refractivity contribution in [2.45, 2.75) is 87.2 Å². The number of sulfonamides is 1. The molecule has 2 N–H and O–H groups in total. The van der Waals surface area contributed by atoms with Crippen LogP contribution in [0.25, 0.3) is 10.1 Å². The molecule has 8 rings (SSSR count). The smallest absolute Gasteiger partial charge is 0.252 e. The Kier molecular flexibility index (Phi) is 11.4. The molecule has 3 aromatic carbocycles. The average Bonchev–Trinajstić information content (AvgIpc) is 3.93. The maximum absolute atomic E-state index is 14.7. The van der Waals surface area contributed by atoms with Gasteiger partial charge in [0.05, 0.1) is 30.8 Å². The van der Waals surface area contributed by atoms with E-state index in [4.69, 9.17) is 9.47 Å². The molecule has 0 unspecified atom stereocenters. The summed E-state index contributed by atoms with van der Waals surface area (Å²) < 4.78 is 42.8. The van der Waals surface area contributed by atoms with Crippen LogP contribution in [-0.4, -0.2) is 61.2 Å². The zero-order valence-corrected chi connectivity index (χ0v) is 34.2. The van der Waals surface area contributed by atoms with Crippen molar-refractivity contribution in [3.05, 3.63) is 123 Å². The summed E-state index contributed by atoms with van der Waals surface area (Å²) in [4.78, 5) is 15.3. The van der Waals surface area contributed by atoms with Crippen LogP contribution in [0.15, 0.2) is 100 Å². The second-order valence-electron chi connectivity index (χ2n) is 15.3. The van der Waals surface area contributed by atoms with E-state index >= 15 is 0 Å². The summed E-state index contributed by atoms with van der Waals surface area (Å²) in [5.41, 5.74) is 1.82. The Morgan fingerprint density at radius 3 is 2.55 bits per heavy atom. The number of hydrogen-bond donors (Lipinski definition) is 2. The summed E-state index contributed by atoms with van der Waals surface area (Å²) >= 11 is 2.62. The number of rotatable bonds is 10.